The maximum Gasteiger partial charge on any atom is 1.00 e. The Labute approximate surface area is 235 Å². The van der Waals surface area contributed by atoms with Crippen molar-refractivity contribution in [1.29, 1.82) is 0 Å². The number of cyclic esters (lactones) is 2. The number of hydrogen-bond acceptors (Lipinski definition) is 15. The van der Waals surface area contributed by atoms with Gasteiger partial charge in [-0.3, -0.25) is 9.59 Å². The molecule has 33 heavy (non-hydrogen) atoms. The van der Waals surface area contributed by atoms with Gasteiger partial charge in [0.1, 0.15) is 0 Å². The summed E-state index contributed by atoms with van der Waals surface area (Å²) in [6.07, 6.45) is 3.80. The van der Waals surface area contributed by atoms with Gasteiger partial charge in [0.15, 0.2) is 0 Å². The molecule has 1 saturated heterocycles. The van der Waals surface area contributed by atoms with Crippen LogP contribution in [0.3, 0.4) is 0 Å². The van der Waals surface area contributed by atoms with E-state index in [9.17, 15) is 35.5 Å². The summed E-state index contributed by atoms with van der Waals surface area (Å²) in [5.41, 5.74) is 0. The van der Waals surface area contributed by atoms with Gasteiger partial charge >= 0.3 is 71.1 Å². The number of rotatable bonds is 10. The third-order valence-corrected chi connectivity index (χ3v) is 4.17. The van der Waals surface area contributed by atoms with E-state index in [1.54, 1.807) is 0 Å². The van der Waals surface area contributed by atoms with Crippen LogP contribution in [0.4, 0.5) is 0 Å². The number of hydrogen-bond donors (Lipinski definition) is 2. The largest absolute Gasteiger partial charge is 1.00 e. The van der Waals surface area contributed by atoms with E-state index in [0.717, 1.165) is 25.7 Å². The number of carbonyl (C=O) groups excluding carboxylic acids is 2. The minimum Gasteiger partial charge on any atom is -0.724 e. The summed E-state index contributed by atoms with van der Waals surface area (Å²) < 4.78 is 75.7. The summed E-state index contributed by atoms with van der Waals surface area (Å²) in [5.74, 6) is -0.785. The van der Waals surface area contributed by atoms with Crippen molar-refractivity contribution in [2.45, 2.75) is 25.7 Å². The van der Waals surface area contributed by atoms with Gasteiger partial charge in [-0.05, 0) is 12.8 Å². The summed E-state index contributed by atoms with van der Waals surface area (Å²) >= 11 is 0. The minimum absolute atomic E-state index is 0. The number of aliphatic hydroxyl groups excluding tert-OH is 2. The molecule has 1 heterocycles. The molecule has 184 valence electrons. The van der Waals surface area contributed by atoms with Crippen molar-refractivity contribution in [3.63, 3.8) is 0 Å². The van der Waals surface area contributed by atoms with E-state index in [0.29, 0.717) is 26.4 Å². The second kappa shape index (κ2) is 20.9. The zero-order valence-corrected chi connectivity index (χ0v) is 23.9. The summed E-state index contributed by atoms with van der Waals surface area (Å²) in [6, 6.07) is 0. The van der Waals surface area contributed by atoms with Gasteiger partial charge in [0.25, 0.3) is 0 Å². The molecular formula is C14H24Na2O15S2. The van der Waals surface area contributed by atoms with Crippen LogP contribution in [0.2, 0.25) is 0 Å². The van der Waals surface area contributed by atoms with Crippen LogP contribution in [0.15, 0.2) is 0 Å². The normalized spacial score (nSPS) is 19.4. The number of carbonyl (C=O) groups is 2. The van der Waals surface area contributed by atoms with Crippen LogP contribution in [0.1, 0.15) is 25.7 Å². The second-order valence-corrected chi connectivity index (χ2v) is 7.77. The molecule has 19 heteroatoms. The summed E-state index contributed by atoms with van der Waals surface area (Å²) in [6.45, 7) is 1.73. The van der Waals surface area contributed by atoms with Crippen molar-refractivity contribution >= 4 is 32.7 Å². The molecule has 2 unspecified atom stereocenters. The fourth-order valence-electron chi connectivity index (χ4n) is 2.46. The molecule has 2 fully saturated rings. The maximum atomic E-state index is 11.0. The molecule has 1 aliphatic heterocycles. The predicted octanol–water partition coefficient (Wildman–Crippen LogP) is -8.26. The molecule has 2 atom stereocenters. The monoisotopic (exact) mass is 542 g/mol. The molecule has 0 aromatic heterocycles. The van der Waals surface area contributed by atoms with Crippen LogP contribution in [0.5, 0.6) is 0 Å². The molecule has 1 saturated carbocycles. The van der Waals surface area contributed by atoms with Crippen LogP contribution in [0.25, 0.3) is 0 Å². The quantitative estimate of drug-likeness (QED) is 0.0381. The molecular weight excluding hydrogens is 518 g/mol. The Morgan fingerprint density at radius 1 is 0.758 bits per heavy atom. The molecule has 1 aliphatic carbocycles. The third kappa shape index (κ3) is 21.7. The zero-order valence-electron chi connectivity index (χ0n) is 18.2. The van der Waals surface area contributed by atoms with Gasteiger partial charge in [-0.2, -0.15) is 0 Å². The fraction of sp³-hybridized carbons (Fsp3) is 0.857. The van der Waals surface area contributed by atoms with Gasteiger partial charge in [-0.1, -0.05) is 12.8 Å². The average Bonchev–Trinajstić information content (AvgIpc) is 2.98. The SMILES string of the molecule is O=C1OC(=O)C2CCCCC12.O=S(=O)([O-])OOS(=O)(=O)[O-].OCCOCCOCCO.[Na+].[Na+]. The molecule has 0 bridgehead atoms. The minimum atomic E-state index is -5.31. The van der Waals surface area contributed by atoms with Gasteiger partial charge in [0.2, 0.25) is 20.8 Å². The number of esters is 2. The molecule has 2 N–H and O–H groups in total. The van der Waals surface area contributed by atoms with Crippen molar-refractivity contribution < 1.29 is 128 Å². The Hall–Kier alpha value is 0.720. The molecule has 2 aliphatic rings. The number of aliphatic hydroxyl groups is 2. The number of fused-ring (bicyclic) bond motifs is 1. The van der Waals surface area contributed by atoms with Crippen molar-refractivity contribution in [1.82, 2.24) is 0 Å². The zero-order chi connectivity index (χ0) is 23.9. The van der Waals surface area contributed by atoms with E-state index < -0.39 is 20.8 Å². The summed E-state index contributed by atoms with van der Waals surface area (Å²) in [5, 5.41) is 16.5. The third-order valence-electron chi connectivity index (χ3n) is 3.61. The van der Waals surface area contributed by atoms with Crippen LogP contribution in [-0.4, -0.2) is 87.7 Å². The van der Waals surface area contributed by atoms with Gasteiger partial charge in [0, 0.05) is 0 Å². The molecule has 0 spiro atoms. The standard InChI is InChI=1S/C8H10O3.C6H14O4.2Na.H2O8S2/c9-7-5-3-1-2-4-6(5)8(10)11-7;7-1-3-9-5-6-10-4-2-8;;;1-9(2,3)7-8-10(4,5)6/h5-6H,1-4H2;7-8H,1-6H2;;;(H,1,2,3)(H,4,5,6)/q;;2*+1;/p-2. The van der Waals surface area contributed by atoms with Gasteiger partial charge in [-0.15, -0.1) is 8.67 Å². The molecule has 0 amide bonds. The van der Waals surface area contributed by atoms with Crippen molar-refractivity contribution in [2.75, 3.05) is 39.6 Å². The first-order valence-corrected chi connectivity index (χ1v) is 11.5. The predicted molar refractivity (Wildman–Crippen MR) is 93.9 cm³/mol. The van der Waals surface area contributed by atoms with Crippen molar-refractivity contribution in [3.8, 4) is 0 Å². The first-order valence-electron chi connectivity index (χ1n) is 8.83. The van der Waals surface area contributed by atoms with Gasteiger partial charge in [-0.25, -0.2) is 16.8 Å². The van der Waals surface area contributed by atoms with Crippen LogP contribution >= 0.6 is 0 Å². The fourth-order valence-corrected chi connectivity index (χ4v) is 3.01. The Kier molecular flexibility index (Phi) is 24.2. The first kappa shape index (κ1) is 38.3. The van der Waals surface area contributed by atoms with Crippen LogP contribution < -0.4 is 59.1 Å². The van der Waals surface area contributed by atoms with Gasteiger partial charge < -0.3 is 33.5 Å². The van der Waals surface area contributed by atoms with Gasteiger partial charge in [0.05, 0.1) is 51.5 Å². The second-order valence-electron chi connectivity index (χ2n) is 5.86. The van der Waals surface area contributed by atoms with Crippen molar-refractivity contribution in [3.05, 3.63) is 0 Å². The van der Waals surface area contributed by atoms with E-state index in [1.807, 2.05) is 0 Å². The molecule has 0 radical (unpaired) electrons. The smallest absolute Gasteiger partial charge is 0.724 e. The van der Waals surface area contributed by atoms with E-state index in [2.05, 4.69) is 13.4 Å². The topological polar surface area (TPSA) is 235 Å². The Morgan fingerprint density at radius 2 is 1.09 bits per heavy atom. The van der Waals surface area contributed by atoms with E-state index in [-0.39, 0.29) is 96.1 Å². The Morgan fingerprint density at radius 3 is 1.36 bits per heavy atom. The maximum absolute atomic E-state index is 11.0. The average molecular weight is 542 g/mol. The van der Waals surface area contributed by atoms with E-state index >= 15 is 0 Å². The Bertz CT molecular complexity index is 682. The summed E-state index contributed by atoms with van der Waals surface area (Å²) in [7, 11) is -10.6. The molecule has 0 aromatic rings. The van der Waals surface area contributed by atoms with Crippen LogP contribution in [0, 0.1) is 11.8 Å². The first-order chi connectivity index (χ1) is 14.4. The molecule has 2 rings (SSSR count). The molecule has 15 nitrogen and oxygen atoms in total. The van der Waals surface area contributed by atoms with E-state index in [1.165, 1.54) is 0 Å². The summed E-state index contributed by atoms with van der Waals surface area (Å²) in [4.78, 5) is 22.0. The van der Waals surface area contributed by atoms with Crippen LogP contribution in [-0.2, 0) is 53.3 Å². The molecule has 0 aromatic carbocycles. The Balaban J connectivity index is -0.000000398. The van der Waals surface area contributed by atoms with E-state index in [4.69, 9.17) is 19.7 Å². The van der Waals surface area contributed by atoms with Crippen molar-refractivity contribution in [2.24, 2.45) is 11.8 Å². The number of ether oxygens (including phenoxy) is 3.